The van der Waals surface area contributed by atoms with E-state index in [1.165, 1.54) is 0 Å². The molecule has 0 aliphatic rings. The summed E-state index contributed by atoms with van der Waals surface area (Å²) in [5.74, 6) is 0.678. The molecule has 0 bridgehead atoms. The van der Waals surface area contributed by atoms with E-state index >= 15 is 0 Å². The molecule has 1 rings (SSSR count). The zero-order valence-corrected chi connectivity index (χ0v) is 9.59. The molecule has 1 aromatic rings. The second-order valence-corrected chi connectivity index (χ2v) is 4.33. The molecular formula is C10H19N3O. The maximum absolute atomic E-state index is 5.88. The predicted molar refractivity (Wildman–Crippen MR) is 57.4 cm³/mol. The van der Waals surface area contributed by atoms with E-state index in [1.807, 2.05) is 34.6 Å². The third-order valence-electron chi connectivity index (χ3n) is 1.83. The number of nitrogen functional groups attached to an aromatic ring is 1. The summed E-state index contributed by atoms with van der Waals surface area (Å²) in [7, 11) is 0. The van der Waals surface area contributed by atoms with E-state index < -0.39 is 0 Å². The highest BCUT2D eigenvalue weighted by molar-refractivity contribution is 5.52. The van der Waals surface area contributed by atoms with Crippen molar-refractivity contribution < 1.29 is 4.74 Å². The molecule has 0 atom stereocenters. The van der Waals surface area contributed by atoms with Crippen LogP contribution in [0.1, 0.15) is 33.4 Å². The molecule has 0 aliphatic heterocycles. The van der Waals surface area contributed by atoms with Crippen molar-refractivity contribution in [1.82, 2.24) is 9.78 Å². The van der Waals surface area contributed by atoms with Crippen LogP contribution in [-0.2, 0) is 6.54 Å². The number of ether oxygens (including phenoxy) is 1. The lowest BCUT2D eigenvalue weighted by Crippen LogP contribution is -2.25. The first-order valence-corrected chi connectivity index (χ1v) is 4.87. The van der Waals surface area contributed by atoms with Crippen LogP contribution in [0.2, 0.25) is 0 Å². The van der Waals surface area contributed by atoms with Gasteiger partial charge in [-0.3, -0.25) is 0 Å². The fourth-order valence-electron chi connectivity index (χ4n) is 1.19. The Morgan fingerprint density at radius 1 is 1.43 bits per heavy atom. The average molecular weight is 197 g/mol. The van der Waals surface area contributed by atoms with Crippen LogP contribution in [-0.4, -0.2) is 15.4 Å². The van der Waals surface area contributed by atoms with Gasteiger partial charge < -0.3 is 10.5 Å². The summed E-state index contributed by atoms with van der Waals surface area (Å²) in [4.78, 5) is 0. The number of anilines is 1. The van der Waals surface area contributed by atoms with Gasteiger partial charge in [0.05, 0.1) is 5.69 Å². The molecule has 0 saturated heterocycles. The van der Waals surface area contributed by atoms with Crippen molar-refractivity contribution in [2.45, 2.75) is 46.8 Å². The van der Waals surface area contributed by atoms with E-state index in [4.69, 9.17) is 10.5 Å². The Morgan fingerprint density at radius 2 is 2.00 bits per heavy atom. The second-order valence-electron chi connectivity index (χ2n) is 4.33. The maximum Gasteiger partial charge on any atom is 0.236 e. The number of hydrogen-bond donors (Lipinski definition) is 1. The van der Waals surface area contributed by atoms with Gasteiger partial charge in [-0.1, -0.05) is 0 Å². The van der Waals surface area contributed by atoms with Gasteiger partial charge in [0.25, 0.3) is 0 Å². The molecule has 1 heterocycles. The lowest BCUT2D eigenvalue weighted by molar-refractivity contribution is 0.117. The van der Waals surface area contributed by atoms with E-state index in [0.29, 0.717) is 11.6 Å². The van der Waals surface area contributed by atoms with Crippen LogP contribution < -0.4 is 10.5 Å². The zero-order chi connectivity index (χ0) is 10.9. The summed E-state index contributed by atoms with van der Waals surface area (Å²) in [5, 5.41) is 4.28. The first-order valence-electron chi connectivity index (χ1n) is 4.87. The van der Waals surface area contributed by atoms with Crippen LogP contribution in [0, 0.1) is 6.92 Å². The van der Waals surface area contributed by atoms with Gasteiger partial charge in [0.1, 0.15) is 11.3 Å². The minimum Gasteiger partial charge on any atom is -0.471 e. The Kier molecular flexibility index (Phi) is 2.73. The highest BCUT2D eigenvalue weighted by Gasteiger charge is 2.19. The summed E-state index contributed by atoms with van der Waals surface area (Å²) in [6, 6.07) is 0. The van der Waals surface area contributed by atoms with Crippen molar-refractivity contribution in [2.24, 2.45) is 0 Å². The first-order chi connectivity index (χ1) is 6.35. The lowest BCUT2D eigenvalue weighted by atomic mass is 10.2. The van der Waals surface area contributed by atoms with Crippen LogP contribution in [0.3, 0.4) is 0 Å². The Labute approximate surface area is 85.0 Å². The summed E-state index contributed by atoms with van der Waals surface area (Å²) in [5.41, 5.74) is 7.10. The van der Waals surface area contributed by atoms with E-state index in [1.54, 1.807) is 4.68 Å². The highest BCUT2D eigenvalue weighted by Crippen LogP contribution is 2.28. The molecule has 0 radical (unpaired) electrons. The largest absolute Gasteiger partial charge is 0.471 e. The number of aryl methyl sites for hydroxylation is 2. The molecule has 0 aliphatic carbocycles. The minimum atomic E-state index is -0.243. The molecule has 0 saturated carbocycles. The maximum atomic E-state index is 5.88. The number of nitrogens with two attached hydrogens (primary N) is 1. The van der Waals surface area contributed by atoms with Crippen LogP contribution in [0.5, 0.6) is 5.88 Å². The van der Waals surface area contributed by atoms with E-state index in [-0.39, 0.29) is 5.60 Å². The molecule has 0 unspecified atom stereocenters. The lowest BCUT2D eigenvalue weighted by Gasteiger charge is -2.21. The van der Waals surface area contributed by atoms with Crippen molar-refractivity contribution in [3.63, 3.8) is 0 Å². The van der Waals surface area contributed by atoms with Gasteiger partial charge >= 0.3 is 0 Å². The summed E-state index contributed by atoms with van der Waals surface area (Å²) in [6.07, 6.45) is 0. The molecule has 0 fully saturated rings. The van der Waals surface area contributed by atoms with Gasteiger partial charge in [-0.25, -0.2) is 4.68 Å². The third-order valence-corrected chi connectivity index (χ3v) is 1.83. The molecule has 4 nitrogen and oxygen atoms in total. The molecule has 0 amide bonds. The normalized spacial score (nSPS) is 11.8. The Balaban J connectivity index is 3.06. The van der Waals surface area contributed by atoms with Crippen molar-refractivity contribution in [3.05, 3.63) is 5.69 Å². The van der Waals surface area contributed by atoms with Gasteiger partial charge in [-0.2, -0.15) is 5.10 Å². The van der Waals surface area contributed by atoms with E-state index in [9.17, 15) is 0 Å². The third kappa shape index (κ3) is 2.19. The van der Waals surface area contributed by atoms with Crippen molar-refractivity contribution >= 4 is 5.69 Å². The van der Waals surface area contributed by atoms with E-state index in [2.05, 4.69) is 5.10 Å². The topological polar surface area (TPSA) is 53.1 Å². The number of rotatable bonds is 2. The van der Waals surface area contributed by atoms with Crippen LogP contribution in [0.25, 0.3) is 0 Å². The quantitative estimate of drug-likeness (QED) is 0.788. The van der Waals surface area contributed by atoms with Gasteiger partial charge in [0.2, 0.25) is 5.88 Å². The molecule has 80 valence electrons. The Hall–Kier alpha value is -1.19. The molecule has 1 aromatic heterocycles. The summed E-state index contributed by atoms with van der Waals surface area (Å²) < 4.78 is 7.54. The van der Waals surface area contributed by atoms with Crippen LogP contribution >= 0.6 is 0 Å². The second kappa shape index (κ2) is 3.52. The zero-order valence-electron chi connectivity index (χ0n) is 9.59. The number of nitrogens with zero attached hydrogens (tertiary/aromatic N) is 2. The number of hydrogen-bond acceptors (Lipinski definition) is 3. The predicted octanol–water partition coefficient (Wildman–Crippen LogP) is 1.97. The first kappa shape index (κ1) is 10.9. The average Bonchev–Trinajstić information content (AvgIpc) is 2.30. The van der Waals surface area contributed by atoms with Gasteiger partial charge in [0.15, 0.2) is 0 Å². The van der Waals surface area contributed by atoms with Crippen LogP contribution in [0.4, 0.5) is 5.69 Å². The summed E-state index contributed by atoms with van der Waals surface area (Å²) in [6.45, 7) is 10.7. The molecule has 14 heavy (non-hydrogen) atoms. The monoisotopic (exact) mass is 197 g/mol. The van der Waals surface area contributed by atoms with Crippen molar-refractivity contribution in [3.8, 4) is 5.88 Å². The summed E-state index contributed by atoms with van der Waals surface area (Å²) >= 11 is 0. The number of aromatic nitrogens is 2. The molecule has 0 aromatic carbocycles. The standard InChI is InChI=1S/C10H19N3O/c1-6-13-9(14-10(3,4)5)8(11)7(2)12-13/h6,11H2,1-5H3. The van der Waals surface area contributed by atoms with Crippen molar-refractivity contribution in [2.75, 3.05) is 5.73 Å². The highest BCUT2D eigenvalue weighted by atomic mass is 16.5. The fourth-order valence-corrected chi connectivity index (χ4v) is 1.19. The fraction of sp³-hybridized carbons (Fsp3) is 0.700. The van der Waals surface area contributed by atoms with Crippen molar-refractivity contribution in [1.29, 1.82) is 0 Å². The van der Waals surface area contributed by atoms with Gasteiger partial charge in [0, 0.05) is 6.54 Å². The van der Waals surface area contributed by atoms with Crippen LogP contribution in [0.15, 0.2) is 0 Å². The van der Waals surface area contributed by atoms with Gasteiger partial charge in [-0.05, 0) is 34.6 Å². The van der Waals surface area contributed by atoms with Gasteiger partial charge in [-0.15, -0.1) is 0 Å². The molecular weight excluding hydrogens is 178 g/mol. The minimum absolute atomic E-state index is 0.243. The molecule has 2 N–H and O–H groups in total. The molecule has 4 heteroatoms. The smallest absolute Gasteiger partial charge is 0.236 e. The van der Waals surface area contributed by atoms with E-state index in [0.717, 1.165) is 12.2 Å². The molecule has 0 spiro atoms. The Morgan fingerprint density at radius 3 is 2.43 bits per heavy atom. The Bertz CT molecular complexity index is 323. The SMILES string of the molecule is CCn1nc(C)c(N)c1OC(C)(C)C.